The average Bonchev–Trinajstić information content (AvgIpc) is 2.69. The molecule has 8 heteroatoms. The van der Waals surface area contributed by atoms with Crippen LogP contribution >= 0.6 is 11.6 Å². The SMILES string of the molecule is Cc1cc(-c2cccc(Cl)n2)c(C)nc1OCc1c(C)cccc1NC(=O)NN. The fraction of sp³-hybridized carbons (Fsp3) is 0.190. The van der Waals surface area contributed by atoms with Crippen LogP contribution in [-0.2, 0) is 6.61 Å². The number of benzene rings is 1. The van der Waals surface area contributed by atoms with Gasteiger partial charge in [-0.3, -0.25) is 5.43 Å². The van der Waals surface area contributed by atoms with Crippen molar-refractivity contribution in [2.75, 3.05) is 5.32 Å². The first-order valence-electron chi connectivity index (χ1n) is 8.99. The number of urea groups is 1. The van der Waals surface area contributed by atoms with Gasteiger partial charge >= 0.3 is 6.03 Å². The predicted octanol–water partition coefficient (Wildman–Crippen LogP) is 4.30. The van der Waals surface area contributed by atoms with E-state index in [4.69, 9.17) is 22.2 Å². The third-order valence-corrected chi connectivity index (χ3v) is 4.70. The molecule has 0 aliphatic carbocycles. The minimum Gasteiger partial charge on any atom is -0.473 e. The summed E-state index contributed by atoms with van der Waals surface area (Å²) in [6.45, 7) is 6.02. The molecule has 0 unspecified atom stereocenters. The zero-order chi connectivity index (χ0) is 21.0. The normalized spacial score (nSPS) is 10.5. The van der Waals surface area contributed by atoms with E-state index in [1.165, 1.54) is 0 Å². The van der Waals surface area contributed by atoms with Crippen LogP contribution in [-0.4, -0.2) is 16.0 Å². The Morgan fingerprint density at radius 1 is 1.10 bits per heavy atom. The maximum atomic E-state index is 11.6. The number of halogens is 1. The van der Waals surface area contributed by atoms with E-state index in [1.807, 2.05) is 51.1 Å². The number of amides is 2. The lowest BCUT2D eigenvalue weighted by molar-refractivity contribution is 0.252. The molecule has 0 fully saturated rings. The summed E-state index contributed by atoms with van der Waals surface area (Å²) in [6.07, 6.45) is 0. The highest BCUT2D eigenvalue weighted by atomic mass is 35.5. The maximum Gasteiger partial charge on any atom is 0.333 e. The standard InChI is InChI=1S/C21H22ClN5O2/c1-12-6-4-7-18(26-21(28)27-23)16(12)11-29-20-13(2)10-15(14(3)24-20)17-8-5-9-19(22)25-17/h4-10H,11,23H2,1-3H3,(H2,26,27,28). The van der Waals surface area contributed by atoms with Crippen molar-refractivity contribution in [3.63, 3.8) is 0 Å². The number of aromatic nitrogens is 2. The molecule has 0 saturated carbocycles. The first kappa shape index (κ1) is 20.6. The zero-order valence-electron chi connectivity index (χ0n) is 16.4. The predicted molar refractivity (Wildman–Crippen MR) is 114 cm³/mol. The van der Waals surface area contributed by atoms with Crippen LogP contribution in [0.3, 0.4) is 0 Å². The molecule has 2 aromatic heterocycles. The van der Waals surface area contributed by atoms with Crippen LogP contribution in [0.15, 0.2) is 42.5 Å². The Kier molecular flexibility index (Phi) is 6.31. The molecule has 0 spiro atoms. The second-order valence-electron chi connectivity index (χ2n) is 6.58. The summed E-state index contributed by atoms with van der Waals surface area (Å²) in [5.41, 5.74) is 7.82. The van der Waals surface area contributed by atoms with E-state index >= 15 is 0 Å². The van der Waals surface area contributed by atoms with Gasteiger partial charge in [-0.15, -0.1) is 0 Å². The molecule has 1 aromatic carbocycles. The molecule has 4 N–H and O–H groups in total. The third kappa shape index (κ3) is 4.82. The number of ether oxygens (including phenoxy) is 1. The van der Waals surface area contributed by atoms with E-state index in [2.05, 4.69) is 20.7 Å². The van der Waals surface area contributed by atoms with Gasteiger partial charge in [0.25, 0.3) is 0 Å². The summed E-state index contributed by atoms with van der Waals surface area (Å²) in [7, 11) is 0. The van der Waals surface area contributed by atoms with Gasteiger partial charge in [0.05, 0.1) is 11.4 Å². The average molecular weight is 412 g/mol. The number of hydrogen-bond donors (Lipinski definition) is 3. The van der Waals surface area contributed by atoms with Crippen LogP contribution < -0.4 is 21.3 Å². The van der Waals surface area contributed by atoms with E-state index < -0.39 is 6.03 Å². The molecular formula is C21H22ClN5O2. The number of aryl methyl sites for hydroxylation is 3. The van der Waals surface area contributed by atoms with Crippen molar-refractivity contribution in [1.29, 1.82) is 0 Å². The second-order valence-corrected chi connectivity index (χ2v) is 6.96. The number of pyridine rings is 2. The quantitative estimate of drug-likeness (QED) is 0.251. The molecule has 150 valence electrons. The van der Waals surface area contributed by atoms with E-state index in [0.29, 0.717) is 16.7 Å². The number of nitrogens with zero attached hydrogens (tertiary/aromatic N) is 2. The fourth-order valence-electron chi connectivity index (χ4n) is 2.96. The van der Waals surface area contributed by atoms with E-state index in [-0.39, 0.29) is 6.61 Å². The third-order valence-electron chi connectivity index (χ3n) is 4.49. The topological polar surface area (TPSA) is 102 Å². The van der Waals surface area contributed by atoms with Crippen molar-refractivity contribution in [3.8, 4) is 17.1 Å². The van der Waals surface area contributed by atoms with Crippen LogP contribution in [0.25, 0.3) is 11.3 Å². The van der Waals surface area contributed by atoms with E-state index in [1.54, 1.807) is 12.1 Å². The van der Waals surface area contributed by atoms with Crippen LogP contribution in [0.1, 0.15) is 22.4 Å². The number of carbonyl (C=O) groups is 1. The molecule has 2 heterocycles. The minimum atomic E-state index is -0.500. The Hall–Kier alpha value is -3.16. The first-order valence-corrected chi connectivity index (χ1v) is 9.37. The van der Waals surface area contributed by atoms with Crippen LogP contribution in [0, 0.1) is 20.8 Å². The number of anilines is 1. The number of nitrogens with two attached hydrogens (primary N) is 1. The molecule has 0 aliphatic rings. The van der Waals surface area contributed by atoms with Crippen molar-refractivity contribution in [1.82, 2.24) is 15.4 Å². The van der Waals surface area contributed by atoms with Crippen molar-refractivity contribution >= 4 is 23.3 Å². The van der Waals surface area contributed by atoms with E-state index in [0.717, 1.165) is 33.6 Å². The Labute approximate surface area is 174 Å². The van der Waals surface area contributed by atoms with Crippen LogP contribution in [0.5, 0.6) is 5.88 Å². The molecule has 0 aliphatic heterocycles. The van der Waals surface area contributed by atoms with Crippen molar-refractivity contribution in [3.05, 3.63) is 70.0 Å². The molecule has 29 heavy (non-hydrogen) atoms. The summed E-state index contributed by atoms with van der Waals surface area (Å²) in [4.78, 5) is 20.6. The fourth-order valence-corrected chi connectivity index (χ4v) is 3.12. The van der Waals surface area contributed by atoms with Gasteiger partial charge in [0.15, 0.2) is 0 Å². The second kappa shape index (κ2) is 8.89. The largest absolute Gasteiger partial charge is 0.473 e. The molecular weight excluding hydrogens is 390 g/mol. The molecule has 3 rings (SSSR count). The highest BCUT2D eigenvalue weighted by molar-refractivity contribution is 6.29. The number of carbonyl (C=O) groups excluding carboxylic acids is 1. The lowest BCUT2D eigenvalue weighted by Gasteiger charge is -2.16. The van der Waals surface area contributed by atoms with Crippen molar-refractivity contribution in [2.24, 2.45) is 5.84 Å². The number of nitrogens with one attached hydrogen (secondary N) is 2. The number of rotatable bonds is 5. The molecule has 0 saturated heterocycles. The zero-order valence-corrected chi connectivity index (χ0v) is 17.2. The number of hydrogen-bond acceptors (Lipinski definition) is 5. The van der Waals surface area contributed by atoms with Crippen molar-refractivity contribution in [2.45, 2.75) is 27.4 Å². The smallest absolute Gasteiger partial charge is 0.333 e. The first-order chi connectivity index (χ1) is 13.9. The van der Waals surface area contributed by atoms with Gasteiger partial charge in [-0.2, -0.15) is 0 Å². The van der Waals surface area contributed by atoms with Gasteiger partial charge in [-0.25, -0.2) is 20.6 Å². The summed E-state index contributed by atoms with van der Waals surface area (Å²) >= 11 is 6.01. The Morgan fingerprint density at radius 2 is 1.86 bits per heavy atom. The summed E-state index contributed by atoms with van der Waals surface area (Å²) < 4.78 is 5.99. The summed E-state index contributed by atoms with van der Waals surface area (Å²) in [6, 6.07) is 12.6. The molecule has 0 radical (unpaired) electrons. The Bertz CT molecular complexity index is 1060. The van der Waals surface area contributed by atoms with Gasteiger partial charge in [-0.1, -0.05) is 29.8 Å². The molecule has 0 bridgehead atoms. The monoisotopic (exact) mass is 411 g/mol. The highest BCUT2D eigenvalue weighted by Crippen LogP contribution is 2.28. The Morgan fingerprint density at radius 3 is 2.59 bits per heavy atom. The molecule has 3 aromatic rings. The van der Waals surface area contributed by atoms with Gasteiger partial charge in [0, 0.05) is 22.4 Å². The Balaban J connectivity index is 1.85. The van der Waals surface area contributed by atoms with Gasteiger partial charge < -0.3 is 10.1 Å². The minimum absolute atomic E-state index is 0.245. The molecule has 0 atom stereocenters. The van der Waals surface area contributed by atoms with Gasteiger partial charge in [-0.05, 0) is 50.6 Å². The lowest BCUT2D eigenvalue weighted by atomic mass is 10.1. The van der Waals surface area contributed by atoms with E-state index in [9.17, 15) is 4.79 Å². The van der Waals surface area contributed by atoms with Gasteiger partial charge in [0.2, 0.25) is 5.88 Å². The lowest BCUT2D eigenvalue weighted by Crippen LogP contribution is -2.34. The number of hydrazine groups is 1. The van der Waals surface area contributed by atoms with Crippen LogP contribution in [0.4, 0.5) is 10.5 Å². The van der Waals surface area contributed by atoms with Gasteiger partial charge in [0.1, 0.15) is 11.8 Å². The summed E-state index contributed by atoms with van der Waals surface area (Å²) in [5, 5.41) is 3.13. The van der Waals surface area contributed by atoms with Crippen LogP contribution in [0.2, 0.25) is 5.15 Å². The molecule has 2 amide bonds. The molecule has 7 nitrogen and oxygen atoms in total. The van der Waals surface area contributed by atoms with Crippen molar-refractivity contribution < 1.29 is 9.53 Å². The summed E-state index contributed by atoms with van der Waals surface area (Å²) in [5.74, 6) is 5.68. The maximum absolute atomic E-state index is 11.6. The highest BCUT2D eigenvalue weighted by Gasteiger charge is 2.13.